The first-order chi connectivity index (χ1) is 9.15. The summed E-state index contributed by atoms with van der Waals surface area (Å²) in [6, 6.07) is 9.05. The van der Waals surface area contributed by atoms with Crippen molar-refractivity contribution in [2.24, 2.45) is 7.05 Å². The summed E-state index contributed by atoms with van der Waals surface area (Å²) in [5.41, 5.74) is 1.10. The molecule has 0 bridgehead atoms. The van der Waals surface area contributed by atoms with Crippen LogP contribution in [0.1, 0.15) is 12.1 Å². The summed E-state index contributed by atoms with van der Waals surface area (Å²) in [5, 5.41) is 14.6. The number of halogens is 1. The van der Waals surface area contributed by atoms with Gasteiger partial charge in [-0.1, -0.05) is 11.6 Å². The van der Waals surface area contributed by atoms with Crippen molar-refractivity contribution >= 4 is 11.6 Å². The Bertz CT molecular complexity index is 510. The lowest BCUT2D eigenvalue weighted by Crippen LogP contribution is -2.18. The maximum atomic E-state index is 9.87. The van der Waals surface area contributed by atoms with E-state index < -0.39 is 6.10 Å². The van der Waals surface area contributed by atoms with Gasteiger partial charge in [-0.25, -0.2) is 0 Å². The van der Waals surface area contributed by atoms with E-state index in [0.717, 1.165) is 12.1 Å². The zero-order valence-corrected chi connectivity index (χ0v) is 11.5. The van der Waals surface area contributed by atoms with E-state index in [4.69, 9.17) is 16.3 Å². The predicted molar refractivity (Wildman–Crippen MR) is 74.5 cm³/mol. The van der Waals surface area contributed by atoms with E-state index in [0.29, 0.717) is 17.2 Å². The lowest BCUT2D eigenvalue weighted by atomic mass is 10.1. The Labute approximate surface area is 117 Å². The average Bonchev–Trinajstić information content (AvgIpc) is 2.81. The van der Waals surface area contributed by atoms with Gasteiger partial charge in [0.2, 0.25) is 0 Å². The van der Waals surface area contributed by atoms with Crippen LogP contribution in [-0.2, 0) is 13.5 Å². The molecule has 19 heavy (non-hydrogen) atoms. The van der Waals surface area contributed by atoms with Crippen molar-refractivity contribution in [2.75, 3.05) is 6.61 Å². The Morgan fingerprint density at radius 2 is 2.05 bits per heavy atom. The molecule has 1 heterocycles. The Morgan fingerprint density at radius 1 is 1.32 bits per heavy atom. The summed E-state index contributed by atoms with van der Waals surface area (Å²) in [5.74, 6) is 0.712. The molecule has 0 saturated heterocycles. The fraction of sp³-hybridized carbons (Fsp3) is 0.357. The molecule has 2 aromatic rings. The fourth-order valence-electron chi connectivity index (χ4n) is 1.77. The van der Waals surface area contributed by atoms with Crippen LogP contribution in [-0.4, -0.2) is 27.6 Å². The number of hydrogen-bond acceptors (Lipinski definition) is 3. The maximum absolute atomic E-state index is 9.87. The van der Waals surface area contributed by atoms with Crippen molar-refractivity contribution in [3.63, 3.8) is 0 Å². The van der Waals surface area contributed by atoms with Crippen molar-refractivity contribution in [2.45, 2.75) is 18.9 Å². The number of ether oxygens (including phenoxy) is 1. The second kappa shape index (κ2) is 6.59. The molecule has 102 valence electrons. The lowest BCUT2D eigenvalue weighted by Gasteiger charge is -2.12. The van der Waals surface area contributed by atoms with Crippen LogP contribution in [0.15, 0.2) is 36.5 Å². The molecule has 0 aliphatic heterocycles. The van der Waals surface area contributed by atoms with E-state index in [9.17, 15) is 5.11 Å². The van der Waals surface area contributed by atoms with Crippen LogP contribution in [0.5, 0.6) is 5.75 Å². The van der Waals surface area contributed by atoms with Crippen LogP contribution >= 0.6 is 11.6 Å². The molecule has 1 aromatic carbocycles. The van der Waals surface area contributed by atoms with Gasteiger partial charge in [-0.3, -0.25) is 4.68 Å². The van der Waals surface area contributed by atoms with Crippen molar-refractivity contribution in [3.8, 4) is 5.75 Å². The lowest BCUT2D eigenvalue weighted by molar-refractivity contribution is 0.0998. The van der Waals surface area contributed by atoms with E-state index in [-0.39, 0.29) is 6.61 Å². The highest BCUT2D eigenvalue weighted by molar-refractivity contribution is 6.30. The second-order valence-corrected chi connectivity index (χ2v) is 4.84. The van der Waals surface area contributed by atoms with Gasteiger partial charge in [0.05, 0.1) is 6.10 Å². The van der Waals surface area contributed by atoms with Crippen LogP contribution in [0.2, 0.25) is 5.02 Å². The van der Waals surface area contributed by atoms with Gasteiger partial charge in [-0.05, 0) is 43.2 Å². The summed E-state index contributed by atoms with van der Waals surface area (Å²) in [6.07, 6.45) is 2.69. The van der Waals surface area contributed by atoms with Crippen molar-refractivity contribution in [1.82, 2.24) is 9.78 Å². The average molecular weight is 281 g/mol. The van der Waals surface area contributed by atoms with Crippen LogP contribution in [0.4, 0.5) is 0 Å². The molecule has 1 N–H and O–H groups in total. The third kappa shape index (κ3) is 4.26. The highest BCUT2D eigenvalue weighted by Gasteiger charge is 2.07. The van der Waals surface area contributed by atoms with E-state index in [1.165, 1.54) is 0 Å². The van der Waals surface area contributed by atoms with Gasteiger partial charge in [0.15, 0.2) is 0 Å². The monoisotopic (exact) mass is 280 g/mol. The molecule has 0 spiro atoms. The van der Waals surface area contributed by atoms with E-state index in [1.54, 1.807) is 30.5 Å². The Hall–Kier alpha value is -1.52. The highest BCUT2D eigenvalue weighted by atomic mass is 35.5. The molecular formula is C14H17ClN2O2. The summed E-state index contributed by atoms with van der Waals surface area (Å²) < 4.78 is 7.30. The summed E-state index contributed by atoms with van der Waals surface area (Å²) in [4.78, 5) is 0. The molecular weight excluding hydrogens is 264 g/mol. The minimum absolute atomic E-state index is 0.277. The molecule has 0 fully saturated rings. The summed E-state index contributed by atoms with van der Waals surface area (Å²) >= 11 is 5.78. The smallest absolute Gasteiger partial charge is 0.119 e. The minimum Gasteiger partial charge on any atom is -0.491 e. The Balaban J connectivity index is 1.74. The normalized spacial score (nSPS) is 12.4. The van der Waals surface area contributed by atoms with Crippen LogP contribution < -0.4 is 4.74 Å². The summed E-state index contributed by atoms with van der Waals surface area (Å²) in [7, 11) is 1.89. The second-order valence-electron chi connectivity index (χ2n) is 4.40. The van der Waals surface area contributed by atoms with Crippen LogP contribution in [0, 0.1) is 0 Å². The number of benzene rings is 1. The van der Waals surface area contributed by atoms with Crippen LogP contribution in [0.25, 0.3) is 0 Å². The molecule has 0 amide bonds. The SMILES string of the molecule is Cn1nccc1CCC(O)COc1ccc(Cl)cc1. The fourth-order valence-corrected chi connectivity index (χ4v) is 1.89. The van der Waals surface area contributed by atoms with E-state index in [2.05, 4.69) is 5.10 Å². The third-order valence-electron chi connectivity index (χ3n) is 2.91. The highest BCUT2D eigenvalue weighted by Crippen LogP contribution is 2.16. The first kappa shape index (κ1) is 13.9. The van der Waals surface area contributed by atoms with Crippen molar-refractivity contribution < 1.29 is 9.84 Å². The molecule has 1 atom stereocenters. The molecule has 2 rings (SSSR count). The van der Waals surface area contributed by atoms with Gasteiger partial charge < -0.3 is 9.84 Å². The van der Waals surface area contributed by atoms with Gasteiger partial charge >= 0.3 is 0 Å². The maximum Gasteiger partial charge on any atom is 0.119 e. The van der Waals surface area contributed by atoms with Gasteiger partial charge in [0, 0.05) is 24.0 Å². The zero-order valence-electron chi connectivity index (χ0n) is 10.8. The van der Waals surface area contributed by atoms with Gasteiger partial charge in [0.25, 0.3) is 0 Å². The van der Waals surface area contributed by atoms with Crippen molar-refractivity contribution in [3.05, 3.63) is 47.2 Å². The summed E-state index contributed by atoms with van der Waals surface area (Å²) in [6.45, 7) is 0.277. The first-order valence-electron chi connectivity index (χ1n) is 6.18. The topological polar surface area (TPSA) is 47.3 Å². The number of hydrogen-bond donors (Lipinski definition) is 1. The quantitative estimate of drug-likeness (QED) is 0.884. The molecule has 1 unspecified atom stereocenters. The number of aliphatic hydroxyl groups is 1. The van der Waals surface area contributed by atoms with Crippen LogP contribution in [0.3, 0.4) is 0 Å². The molecule has 0 aliphatic rings. The molecule has 0 aliphatic carbocycles. The number of aliphatic hydroxyl groups excluding tert-OH is 1. The molecule has 4 nitrogen and oxygen atoms in total. The largest absolute Gasteiger partial charge is 0.491 e. The molecule has 1 aromatic heterocycles. The van der Waals surface area contributed by atoms with E-state index >= 15 is 0 Å². The number of nitrogens with zero attached hydrogens (tertiary/aromatic N) is 2. The standard InChI is InChI=1S/C14H17ClN2O2/c1-17-12(8-9-16-17)4-5-13(18)10-19-14-6-2-11(15)3-7-14/h2-3,6-9,13,18H,4-5,10H2,1H3. The predicted octanol–water partition coefficient (Wildman–Crippen LogP) is 2.45. The van der Waals surface area contributed by atoms with Gasteiger partial charge in [-0.2, -0.15) is 5.10 Å². The van der Waals surface area contributed by atoms with Crippen molar-refractivity contribution in [1.29, 1.82) is 0 Å². The molecule has 0 radical (unpaired) electrons. The zero-order chi connectivity index (χ0) is 13.7. The van der Waals surface area contributed by atoms with E-state index in [1.807, 2.05) is 17.8 Å². The van der Waals surface area contributed by atoms with Gasteiger partial charge in [-0.15, -0.1) is 0 Å². The Kier molecular flexibility index (Phi) is 4.82. The third-order valence-corrected chi connectivity index (χ3v) is 3.16. The molecule has 5 heteroatoms. The minimum atomic E-state index is -0.495. The number of aromatic nitrogens is 2. The first-order valence-corrected chi connectivity index (χ1v) is 6.56. The van der Waals surface area contributed by atoms with Gasteiger partial charge in [0.1, 0.15) is 12.4 Å². The number of aryl methyl sites for hydroxylation is 2. The number of rotatable bonds is 6. The molecule has 0 saturated carbocycles. The Morgan fingerprint density at radius 3 is 2.68 bits per heavy atom.